The fraction of sp³-hybridized carbons (Fsp3) is 0.545. The van der Waals surface area contributed by atoms with E-state index in [9.17, 15) is 20.0 Å². The van der Waals surface area contributed by atoms with E-state index in [1.165, 1.54) is 17.2 Å². The van der Waals surface area contributed by atoms with Crippen molar-refractivity contribution in [2.75, 3.05) is 13.1 Å². The van der Waals surface area contributed by atoms with Crippen LogP contribution in [0.4, 0.5) is 5.69 Å². The minimum absolute atomic E-state index is 0.137. The minimum atomic E-state index is -0.883. The van der Waals surface area contributed by atoms with Gasteiger partial charge in [0.15, 0.2) is 0 Å². The second kappa shape index (κ2) is 4.41. The average molecular weight is 253 g/mol. The molecule has 7 heteroatoms. The third-order valence-electron chi connectivity index (χ3n) is 3.07. The quantitative estimate of drug-likeness (QED) is 0.604. The number of carbonyl (C=O) groups excluding carboxylic acids is 1. The molecule has 18 heavy (non-hydrogen) atoms. The van der Waals surface area contributed by atoms with Crippen LogP contribution in [0.3, 0.4) is 0 Å². The molecule has 2 heterocycles. The standard InChI is InChI=1S/C11H15N3O4/c1-11(16)3-2-4-13(7-11)10(15)9-5-8(6-12-9)14(17)18/h5-6,12,16H,2-4,7H2,1H3. The number of nitrogens with zero attached hydrogens (tertiary/aromatic N) is 2. The van der Waals surface area contributed by atoms with Crippen LogP contribution in [0.5, 0.6) is 0 Å². The first-order valence-electron chi connectivity index (χ1n) is 5.73. The molecule has 1 aliphatic heterocycles. The first-order valence-corrected chi connectivity index (χ1v) is 5.73. The van der Waals surface area contributed by atoms with Gasteiger partial charge in [-0.25, -0.2) is 0 Å². The summed E-state index contributed by atoms with van der Waals surface area (Å²) in [5, 5.41) is 20.5. The molecule has 0 radical (unpaired) electrons. The number of hydrogen-bond acceptors (Lipinski definition) is 4. The van der Waals surface area contributed by atoms with Crippen LogP contribution in [-0.4, -0.2) is 44.5 Å². The number of rotatable bonds is 2. The molecule has 2 N–H and O–H groups in total. The molecule has 7 nitrogen and oxygen atoms in total. The first kappa shape index (κ1) is 12.6. The number of H-pyrrole nitrogens is 1. The van der Waals surface area contributed by atoms with Crippen LogP contribution in [0.25, 0.3) is 0 Å². The lowest BCUT2D eigenvalue weighted by molar-refractivity contribution is -0.384. The van der Waals surface area contributed by atoms with Gasteiger partial charge in [-0.1, -0.05) is 0 Å². The lowest BCUT2D eigenvalue weighted by atomic mass is 9.95. The smallest absolute Gasteiger partial charge is 0.287 e. The predicted octanol–water partition coefficient (Wildman–Crippen LogP) is 0.910. The van der Waals surface area contributed by atoms with Crippen LogP contribution in [0.1, 0.15) is 30.3 Å². The maximum atomic E-state index is 12.1. The van der Waals surface area contributed by atoms with Crippen LogP contribution in [0.15, 0.2) is 12.3 Å². The number of nitrogens with one attached hydrogen (secondary N) is 1. The third kappa shape index (κ3) is 2.51. The summed E-state index contributed by atoms with van der Waals surface area (Å²) < 4.78 is 0. The van der Waals surface area contributed by atoms with Gasteiger partial charge in [0.05, 0.1) is 16.7 Å². The lowest BCUT2D eigenvalue weighted by Gasteiger charge is -2.36. The van der Waals surface area contributed by atoms with Gasteiger partial charge in [-0.15, -0.1) is 0 Å². The number of amides is 1. The van der Waals surface area contributed by atoms with Gasteiger partial charge in [-0.05, 0) is 19.8 Å². The Balaban J connectivity index is 2.13. The number of β-amino-alcohol motifs (C(OH)–C–C–N with tert-alkyl or cyclic N) is 1. The van der Waals surface area contributed by atoms with Gasteiger partial charge in [0, 0.05) is 19.2 Å². The van der Waals surface area contributed by atoms with Gasteiger partial charge in [0.2, 0.25) is 0 Å². The zero-order valence-electron chi connectivity index (χ0n) is 10.0. The molecule has 1 amide bonds. The molecule has 1 fully saturated rings. The van der Waals surface area contributed by atoms with E-state index in [-0.39, 0.29) is 23.8 Å². The number of nitro groups is 1. The molecule has 0 saturated carbocycles. The second-order valence-electron chi connectivity index (χ2n) is 4.86. The van der Waals surface area contributed by atoms with E-state index in [1.807, 2.05) is 0 Å². The number of piperidine rings is 1. The lowest BCUT2D eigenvalue weighted by Crippen LogP contribution is -2.48. The zero-order valence-corrected chi connectivity index (χ0v) is 10.0. The molecule has 1 aliphatic rings. The van der Waals surface area contributed by atoms with Gasteiger partial charge < -0.3 is 15.0 Å². The number of hydrogen-bond donors (Lipinski definition) is 2. The summed E-state index contributed by atoms with van der Waals surface area (Å²) in [4.78, 5) is 26.2. The largest absolute Gasteiger partial charge is 0.388 e. The summed E-state index contributed by atoms with van der Waals surface area (Å²) in [6.45, 7) is 2.49. The Morgan fingerprint density at radius 3 is 2.94 bits per heavy atom. The summed E-state index contributed by atoms with van der Waals surface area (Å²) in [7, 11) is 0. The highest BCUT2D eigenvalue weighted by atomic mass is 16.6. The highest BCUT2D eigenvalue weighted by Gasteiger charge is 2.32. The van der Waals surface area contributed by atoms with Crippen molar-refractivity contribution in [1.29, 1.82) is 0 Å². The van der Waals surface area contributed by atoms with E-state index in [0.29, 0.717) is 13.0 Å². The average Bonchev–Trinajstić information content (AvgIpc) is 2.76. The van der Waals surface area contributed by atoms with Crippen LogP contribution in [0.2, 0.25) is 0 Å². The molecule has 2 rings (SSSR count). The molecule has 1 atom stereocenters. The fourth-order valence-electron chi connectivity index (χ4n) is 2.18. The van der Waals surface area contributed by atoms with Gasteiger partial charge in [0.1, 0.15) is 5.69 Å². The van der Waals surface area contributed by atoms with E-state index in [2.05, 4.69) is 4.98 Å². The van der Waals surface area contributed by atoms with Crippen molar-refractivity contribution in [3.8, 4) is 0 Å². The summed E-state index contributed by atoms with van der Waals surface area (Å²) in [5.74, 6) is -0.317. The molecule has 1 saturated heterocycles. The minimum Gasteiger partial charge on any atom is -0.388 e. The molecule has 0 aliphatic carbocycles. The van der Waals surface area contributed by atoms with Crippen LogP contribution in [-0.2, 0) is 0 Å². The fourth-order valence-corrected chi connectivity index (χ4v) is 2.18. The van der Waals surface area contributed by atoms with Crippen molar-refractivity contribution < 1.29 is 14.8 Å². The predicted molar refractivity (Wildman–Crippen MR) is 63.2 cm³/mol. The maximum Gasteiger partial charge on any atom is 0.287 e. The molecule has 1 unspecified atom stereocenters. The molecular weight excluding hydrogens is 238 g/mol. The second-order valence-corrected chi connectivity index (χ2v) is 4.86. The van der Waals surface area contributed by atoms with Crippen LogP contribution in [0, 0.1) is 10.1 Å². The number of carbonyl (C=O) groups is 1. The van der Waals surface area contributed by atoms with Crippen molar-refractivity contribution in [3.05, 3.63) is 28.1 Å². The van der Waals surface area contributed by atoms with Crippen molar-refractivity contribution >= 4 is 11.6 Å². The number of aliphatic hydroxyl groups is 1. The summed E-state index contributed by atoms with van der Waals surface area (Å²) in [5.41, 5.74) is -0.839. The Morgan fingerprint density at radius 1 is 1.67 bits per heavy atom. The van der Waals surface area contributed by atoms with E-state index in [0.717, 1.165) is 6.42 Å². The monoisotopic (exact) mass is 253 g/mol. The van der Waals surface area contributed by atoms with E-state index in [4.69, 9.17) is 0 Å². The van der Waals surface area contributed by atoms with Crippen molar-refractivity contribution in [1.82, 2.24) is 9.88 Å². The molecule has 1 aromatic rings. The van der Waals surface area contributed by atoms with Gasteiger partial charge in [-0.3, -0.25) is 14.9 Å². The SMILES string of the molecule is CC1(O)CCCN(C(=O)c2cc([N+](=O)[O-])c[nH]2)C1. The Labute approximate surface area is 104 Å². The van der Waals surface area contributed by atoms with E-state index < -0.39 is 10.5 Å². The highest BCUT2D eigenvalue weighted by molar-refractivity contribution is 5.93. The van der Waals surface area contributed by atoms with Crippen LogP contribution >= 0.6 is 0 Å². The molecule has 98 valence electrons. The normalized spacial score (nSPS) is 24.0. The molecule has 1 aromatic heterocycles. The summed E-state index contributed by atoms with van der Waals surface area (Å²) in [6.07, 6.45) is 2.57. The van der Waals surface area contributed by atoms with Gasteiger partial charge in [-0.2, -0.15) is 0 Å². The molecule has 0 bridgehead atoms. The zero-order chi connectivity index (χ0) is 13.3. The number of aromatic amines is 1. The molecule has 0 aromatic carbocycles. The first-order chi connectivity index (χ1) is 8.39. The molecule has 0 spiro atoms. The van der Waals surface area contributed by atoms with E-state index in [1.54, 1.807) is 6.92 Å². The highest BCUT2D eigenvalue weighted by Crippen LogP contribution is 2.22. The number of likely N-dealkylation sites (tertiary alicyclic amines) is 1. The molecular formula is C11H15N3O4. The Hall–Kier alpha value is -1.89. The van der Waals surface area contributed by atoms with E-state index >= 15 is 0 Å². The van der Waals surface area contributed by atoms with Crippen LogP contribution < -0.4 is 0 Å². The Morgan fingerprint density at radius 2 is 2.39 bits per heavy atom. The van der Waals surface area contributed by atoms with Gasteiger partial charge in [0.25, 0.3) is 11.6 Å². The summed E-state index contributed by atoms with van der Waals surface area (Å²) in [6, 6.07) is 1.21. The Bertz CT molecular complexity index is 480. The third-order valence-corrected chi connectivity index (χ3v) is 3.07. The van der Waals surface area contributed by atoms with Crippen molar-refractivity contribution in [3.63, 3.8) is 0 Å². The Kier molecular flexibility index (Phi) is 3.08. The van der Waals surface area contributed by atoms with Gasteiger partial charge >= 0.3 is 0 Å². The topological polar surface area (TPSA) is 99.5 Å². The van der Waals surface area contributed by atoms with Crippen molar-refractivity contribution in [2.24, 2.45) is 0 Å². The summed E-state index contributed by atoms with van der Waals surface area (Å²) >= 11 is 0. The maximum absolute atomic E-state index is 12.1. The van der Waals surface area contributed by atoms with Crippen molar-refractivity contribution in [2.45, 2.75) is 25.4 Å². The number of aromatic nitrogens is 1.